The van der Waals surface area contributed by atoms with Crippen LogP contribution in [0.5, 0.6) is 11.5 Å². The molecule has 2 aromatic carbocycles. The summed E-state index contributed by atoms with van der Waals surface area (Å²) in [5, 5.41) is 4.30. The first kappa shape index (κ1) is 25.3. The van der Waals surface area contributed by atoms with Crippen LogP contribution >= 0.6 is 0 Å². The molecule has 2 saturated heterocycles. The predicted octanol–water partition coefficient (Wildman–Crippen LogP) is 3.12. The second-order valence-electron chi connectivity index (χ2n) is 8.73. The van der Waals surface area contributed by atoms with Crippen LogP contribution in [0, 0.1) is 5.82 Å². The van der Waals surface area contributed by atoms with Crippen molar-refractivity contribution in [1.82, 2.24) is 15.0 Å². The van der Waals surface area contributed by atoms with Crippen LogP contribution in [0.15, 0.2) is 47.6 Å². The molecule has 38 heavy (non-hydrogen) atoms. The van der Waals surface area contributed by atoms with Crippen molar-refractivity contribution >= 4 is 30.0 Å². The van der Waals surface area contributed by atoms with Gasteiger partial charge in [0.2, 0.25) is 17.8 Å². The van der Waals surface area contributed by atoms with Gasteiger partial charge in [0.05, 0.1) is 32.1 Å². The number of nitrogens with one attached hydrogen (secondary N) is 1. The van der Waals surface area contributed by atoms with Crippen molar-refractivity contribution in [3.05, 3.63) is 59.4 Å². The molecule has 0 spiro atoms. The number of aromatic nitrogens is 3. The molecule has 12 heteroatoms. The summed E-state index contributed by atoms with van der Waals surface area (Å²) >= 11 is 0. The topological polar surface area (TPSA) is 114 Å². The zero-order valence-corrected chi connectivity index (χ0v) is 21.0. The van der Waals surface area contributed by atoms with E-state index in [1.54, 1.807) is 24.4 Å². The zero-order valence-electron chi connectivity index (χ0n) is 21.0. The van der Waals surface area contributed by atoms with Crippen molar-refractivity contribution in [2.24, 2.45) is 5.10 Å². The van der Waals surface area contributed by atoms with E-state index in [0.717, 1.165) is 25.9 Å². The van der Waals surface area contributed by atoms with Gasteiger partial charge in [-0.05, 0) is 60.9 Å². The third kappa shape index (κ3) is 6.14. The maximum Gasteiger partial charge on any atom is 0.343 e. The largest absolute Gasteiger partial charge is 0.493 e. The summed E-state index contributed by atoms with van der Waals surface area (Å²) in [6, 6.07) is 10.1. The van der Waals surface area contributed by atoms with Gasteiger partial charge in [-0.3, -0.25) is 0 Å². The maximum atomic E-state index is 13.1. The lowest BCUT2D eigenvalue weighted by molar-refractivity contribution is 0.0729. The molecule has 2 fully saturated rings. The van der Waals surface area contributed by atoms with Gasteiger partial charge in [0, 0.05) is 26.2 Å². The molecule has 1 aromatic heterocycles. The van der Waals surface area contributed by atoms with E-state index in [2.05, 4.69) is 30.3 Å². The SMILES string of the molecule is COc1cc(C=NNc2nc(N3CCCC3)nc(N3CCOCC3)n2)ccc1OC(=O)c1ccc(F)cc1. The summed E-state index contributed by atoms with van der Waals surface area (Å²) in [4.78, 5) is 30.5. The number of esters is 1. The molecule has 0 radical (unpaired) electrons. The fraction of sp³-hybridized carbons (Fsp3) is 0.346. The number of nitrogens with zero attached hydrogens (tertiary/aromatic N) is 6. The van der Waals surface area contributed by atoms with Crippen LogP contribution in [0.25, 0.3) is 0 Å². The summed E-state index contributed by atoms with van der Waals surface area (Å²) in [6.07, 6.45) is 3.80. The van der Waals surface area contributed by atoms with Gasteiger partial charge in [-0.1, -0.05) is 0 Å². The standard InChI is InChI=1S/C26H28FN7O4/c1-36-22-16-18(4-9-21(22)38-23(35)19-5-7-20(27)8-6-19)17-28-32-24-29-25(33-10-2-3-11-33)31-26(30-24)34-12-14-37-15-13-34/h4-9,16-17H,2-3,10-15H2,1H3,(H,29,30,31,32). The van der Waals surface area contributed by atoms with Crippen molar-refractivity contribution < 1.29 is 23.4 Å². The lowest BCUT2D eigenvalue weighted by Crippen LogP contribution is -2.38. The normalized spacial score (nSPS) is 15.6. The zero-order chi connectivity index (χ0) is 26.3. The van der Waals surface area contributed by atoms with Crippen LogP contribution in [0.3, 0.4) is 0 Å². The highest BCUT2D eigenvalue weighted by molar-refractivity contribution is 5.91. The van der Waals surface area contributed by atoms with Gasteiger partial charge in [0.1, 0.15) is 5.82 Å². The minimum atomic E-state index is -0.619. The van der Waals surface area contributed by atoms with Crippen LogP contribution in [0.2, 0.25) is 0 Å². The fourth-order valence-corrected chi connectivity index (χ4v) is 4.13. The van der Waals surface area contributed by atoms with Crippen molar-refractivity contribution in [1.29, 1.82) is 0 Å². The third-order valence-corrected chi connectivity index (χ3v) is 6.14. The molecule has 198 valence electrons. The smallest absolute Gasteiger partial charge is 0.343 e. The second kappa shape index (κ2) is 11.8. The van der Waals surface area contributed by atoms with Gasteiger partial charge in [-0.25, -0.2) is 14.6 Å². The quantitative estimate of drug-likeness (QED) is 0.205. The Morgan fingerprint density at radius 3 is 2.34 bits per heavy atom. The number of ether oxygens (including phenoxy) is 3. The highest BCUT2D eigenvalue weighted by Gasteiger charge is 2.21. The molecule has 5 rings (SSSR count). The number of carbonyl (C=O) groups is 1. The Hall–Kier alpha value is -4.32. The number of morpholine rings is 1. The van der Waals surface area contributed by atoms with Crippen LogP contribution in [-0.2, 0) is 4.74 Å². The minimum absolute atomic E-state index is 0.227. The molecule has 2 aliphatic heterocycles. The Balaban J connectivity index is 1.29. The molecule has 0 atom stereocenters. The molecule has 0 bridgehead atoms. The summed E-state index contributed by atoms with van der Waals surface area (Å²) in [5.41, 5.74) is 3.83. The maximum absolute atomic E-state index is 13.1. The lowest BCUT2D eigenvalue weighted by Gasteiger charge is -2.27. The van der Waals surface area contributed by atoms with Crippen molar-refractivity contribution in [2.75, 3.05) is 61.7 Å². The first-order valence-corrected chi connectivity index (χ1v) is 12.4. The molecule has 0 aliphatic carbocycles. The second-order valence-corrected chi connectivity index (χ2v) is 8.73. The van der Waals surface area contributed by atoms with Gasteiger partial charge < -0.3 is 24.0 Å². The number of halogens is 1. The summed E-state index contributed by atoms with van der Waals surface area (Å²) in [7, 11) is 1.47. The van der Waals surface area contributed by atoms with E-state index in [9.17, 15) is 9.18 Å². The Labute approximate surface area is 219 Å². The molecule has 0 amide bonds. The number of hydrazone groups is 1. The Bertz CT molecular complexity index is 1290. The average Bonchev–Trinajstić information content (AvgIpc) is 3.50. The lowest BCUT2D eigenvalue weighted by atomic mass is 10.2. The molecule has 0 saturated carbocycles. The van der Waals surface area contributed by atoms with E-state index < -0.39 is 11.8 Å². The first-order chi connectivity index (χ1) is 18.6. The predicted molar refractivity (Wildman–Crippen MR) is 140 cm³/mol. The van der Waals surface area contributed by atoms with Gasteiger partial charge in [0.25, 0.3) is 0 Å². The van der Waals surface area contributed by atoms with E-state index in [1.165, 1.54) is 31.4 Å². The summed E-state index contributed by atoms with van der Waals surface area (Å²) in [5.74, 6) is 1.09. The molecular weight excluding hydrogens is 493 g/mol. The van der Waals surface area contributed by atoms with Gasteiger partial charge in [0.15, 0.2) is 11.5 Å². The van der Waals surface area contributed by atoms with Gasteiger partial charge in [-0.15, -0.1) is 0 Å². The van der Waals surface area contributed by atoms with Crippen LogP contribution in [0.1, 0.15) is 28.8 Å². The number of rotatable bonds is 8. The van der Waals surface area contributed by atoms with Crippen LogP contribution in [-0.4, -0.2) is 73.6 Å². The number of hydrogen-bond donors (Lipinski definition) is 1. The van der Waals surface area contributed by atoms with E-state index in [0.29, 0.717) is 55.5 Å². The molecule has 3 aromatic rings. The highest BCUT2D eigenvalue weighted by atomic mass is 19.1. The van der Waals surface area contributed by atoms with Crippen LogP contribution in [0.4, 0.5) is 22.2 Å². The van der Waals surface area contributed by atoms with E-state index >= 15 is 0 Å². The number of anilines is 3. The molecule has 2 aliphatic rings. The minimum Gasteiger partial charge on any atom is -0.493 e. The van der Waals surface area contributed by atoms with Crippen molar-refractivity contribution in [3.63, 3.8) is 0 Å². The van der Waals surface area contributed by atoms with Crippen molar-refractivity contribution in [3.8, 4) is 11.5 Å². The first-order valence-electron chi connectivity index (χ1n) is 12.4. The average molecular weight is 522 g/mol. The van der Waals surface area contributed by atoms with Crippen LogP contribution < -0.4 is 24.7 Å². The fourth-order valence-electron chi connectivity index (χ4n) is 4.13. The number of carbonyl (C=O) groups excluding carboxylic acids is 1. The van der Waals surface area contributed by atoms with Crippen molar-refractivity contribution in [2.45, 2.75) is 12.8 Å². The number of benzene rings is 2. The monoisotopic (exact) mass is 521 g/mol. The molecule has 11 nitrogen and oxygen atoms in total. The molecule has 1 N–H and O–H groups in total. The summed E-state index contributed by atoms with van der Waals surface area (Å²) < 4.78 is 29.4. The third-order valence-electron chi connectivity index (χ3n) is 6.14. The Kier molecular flexibility index (Phi) is 7.88. The van der Waals surface area contributed by atoms with Gasteiger partial charge in [-0.2, -0.15) is 20.1 Å². The van der Waals surface area contributed by atoms with Gasteiger partial charge >= 0.3 is 5.97 Å². The molecule has 0 unspecified atom stereocenters. The van der Waals surface area contributed by atoms with E-state index in [1.807, 2.05) is 0 Å². The number of methoxy groups -OCH3 is 1. The Morgan fingerprint density at radius 2 is 1.66 bits per heavy atom. The summed E-state index contributed by atoms with van der Waals surface area (Å²) in [6.45, 7) is 4.50. The number of hydrogen-bond acceptors (Lipinski definition) is 11. The highest BCUT2D eigenvalue weighted by Crippen LogP contribution is 2.28. The van der Waals surface area contributed by atoms with E-state index in [4.69, 9.17) is 19.2 Å². The molecular formula is C26H28FN7O4. The Morgan fingerprint density at radius 1 is 0.974 bits per heavy atom. The van der Waals surface area contributed by atoms with E-state index in [-0.39, 0.29) is 11.3 Å². The molecule has 3 heterocycles.